The number of hydrogen-bond donors (Lipinski definition) is 0. The highest BCUT2D eigenvalue weighted by atomic mass is 16.5. The molecule has 2 saturated heterocycles. The van der Waals surface area contributed by atoms with E-state index in [0.29, 0.717) is 18.9 Å². The standard InChI is InChI=1S/C23H32N2O3/c1-18-6-4-8-20(12-18)28-16-19-7-5-11-24(14-19)22(27)15-25-17-23(13-21(25)26)9-2-3-10-23/h4,6,8,12,19H,2-3,5,7,9-11,13-17H2,1H3/t19-/m1/s1. The van der Waals surface area contributed by atoms with E-state index in [1.807, 2.05) is 28.0 Å². The van der Waals surface area contributed by atoms with Gasteiger partial charge in [-0.1, -0.05) is 25.0 Å². The van der Waals surface area contributed by atoms with Crippen molar-refractivity contribution in [1.82, 2.24) is 9.80 Å². The molecule has 0 N–H and O–H groups in total. The summed E-state index contributed by atoms with van der Waals surface area (Å²) in [5.74, 6) is 1.52. The number of carbonyl (C=O) groups excluding carboxylic acids is 2. The molecule has 0 radical (unpaired) electrons. The molecule has 0 unspecified atom stereocenters. The minimum atomic E-state index is 0.101. The van der Waals surface area contributed by atoms with Crippen molar-refractivity contribution >= 4 is 11.8 Å². The van der Waals surface area contributed by atoms with Crippen molar-refractivity contribution in [2.24, 2.45) is 11.3 Å². The van der Waals surface area contributed by atoms with Gasteiger partial charge >= 0.3 is 0 Å². The number of benzene rings is 1. The molecule has 5 nitrogen and oxygen atoms in total. The summed E-state index contributed by atoms with van der Waals surface area (Å²) in [6.07, 6.45) is 7.48. The third kappa shape index (κ3) is 4.34. The van der Waals surface area contributed by atoms with Crippen LogP contribution in [0.25, 0.3) is 0 Å². The summed E-state index contributed by atoms with van der Waals surface area (Å²) in [5, 5.41) is 0. The predicted octanol–water partition coefficient (Wildman–Crippen LogP) is 3.41. The highest BCUT2D eigenvalue weighted by molar-refractivity contribution is 5.86. The third-order valence-electron chi connectivity index (χ3n) is 6.74. The maximum Gasteiger partial charge on any atom is 0.242 e. The molecule has 1 aliphatic carbocycles. The summed E-state index contributed by atoms with van der Waals surface area (Å²) in [6.45, 7) is 5.27. The van der Waals surface area contributed by atoms with Crippen LogP contribution in [0.15, 0.2) is 24.3 Å². The first-order valence-corrected chi connectivity index (χ1v) is 10.8. The Morgan fingerprint density at radius 3 is 2.86 bits per heavy atom. The summed E-state index contributed by atoms with van der Waals surface area (Å²) >= 11 is 0. The smallest absolute Gasteiger partial charge is 0.242 e. The average molecular weight is 385 g/mol. The van der Waals surface area contributed by atoms with Gasteiger partial charge in [-0.25, -0.2) is 0 Å². The Bertz CT molecular complexity index is 726. The number of carbonyl (C=O) groups is 2. The van der Waals surface area contributed by atoms with Crippen LogP contribution in [0.4, 0.5) is 0 Å². The molecule has 28 heavy (non-hydrogen) atoms. The maximum atomic E-state index is 12.9. The lowest BCUT2D eigenvalue weighted by Gasteiger charge is -2.34. The fourth-order valence-electron chi connectivity index (χ4n) is 5.20. The van der Waals surface area contributed by atoms with Crippen molar-refractivity contribution in [3.05, 3.63) is 29.8 Å². The quantitative estimate of drug-likeness (QED) is 0.782. The monoisotopic (exact) mass is 384 g/mol. The van der Waals surface area contributed by atoms with Crippen LogP contribution in [0.5, 0.6) is 5.75 Å². The second-order valence-corrected chi connectivity index (χ2v) is 9.11. The summed E-state index contributed by atoms with van der Waals surface area (Å²) in [6, 6.07) is 8.09. The molecule has 1 saturated carbocycles. The number of aryl methyl sites for hydroxylation is 1. The van der Waals surface area contributed by atoms with Gasteiger partial charge in [-0.3, -0.25) is 9.59 Å². The van der Waals surface area contributed by atoms with Gasteiger partial charge in [0.15, 0.2) is 0 Å². The number of piperidine rings is 1. The lowest BCUT2D eigenvalue weighted by Crippen LogP contribution is -2.46. The Labute approximate surface area is 168 Å². The van der Waals surface area contributed by atoms with Crippen molar-refractivity contribution in [2.45, 2.75) is 51.9 Å². The van der Waals surface area contributed by atoms with E-state index in [4.69, 9.17) is 4.74 Å². The molecule has 2 aliphatic heterocycles. The first-order valence-electron chi connectivity index (χ1n) is 10.8. The molecule has 0 aromatic heterocycles. The van der Waals surface area contributed by atoms with E-state index in [1.165, 1.54) is 18.4 Å². The van der Waals surface area contributed by atoms with E-state index < -0.39 is 0 Å². The number of nitrogens with zero attached hydrogens (tertiary/aromatic N) is 2. The van der Waals surface area contributed by atoms with Crippen molar-refractivity contribution in [3.63, 3.8) is 0 Å². The Morgan fingerprint density at radius 1 is 1.25 bits per heavy atom. The van der Waals surface area contributed by atoms with E-state index in [0.717, 1.165) is 51.1 Å². The Hall–Kier alpha value is -2.04. The SMILES string of the molecule is Cc1cccc(OC[C@@H]2CCCN(C(=O)CN3CC4(CCCC4)CC3=O)C2)c1. The van der Waals surface area contributed by atoms with Gasteiger partial charge in [0.05, 0.1) is 13.2 Å². The number of likely N-dealkylation sites (tertiary alicyclic amines) is 2. The number of rotatable bonds is 5. The zero-order chi connectivity index (χ0) is 19.6. The minimum Gasteiger partial charge on any atom is -0.493 e. The molecule has 1 spiro atoms. The van der Waals surface area contributed by atoms with Gasteiger partial charge in [-0.05, 0) is 55.7 Å². The van der Waals surface area contributed by atoms with E-state index >= 15 is 0 Å². The topological polar surface area (TPSA) is 49.9 Å². The fourth-order valence-corrected chi connectivity index (χ4v) is 5.20. The molecular formula is C23H32N2O3. The Morgan fingerprint density at radius 2 is 2.07 bits per heavy atom. The molecule has 152 valence electrons. The van der Waals surface area contributed by atoms with E-state index in [2.05, 4.69) is 13.0 Å². The molecule has 0 bridgehead atoms. The van der Waals surface area contributed by atoms with Crippen molar-refractivity contribution in [1.29, 1.82) is 0 Å². The molecule has 1 atom stereocenters. The minimum absolute atomic E-state index is 0.101. The van der Waals surface area contributed by atoms with Gasteiger partial charge in [0.2, 0.25) is 11.8 Å². The molecule has 3 fully saturated rings. The van der Waals surface area contributed by atoms with Crippen LogP contribution in [0.3, 0.4) is 0 Å². The van der Waals surface area contributed by atoms with Crippen LogP contribution in [-0.4, -0.2) is 54.4 Å². The zero-order valence-corrected chi connectivity index (χ0v) is 17.0. The molecule has 4 rings (SSSR count). The lowest BCUT2D eigenvalue weighted by atomic mass is 9.85. The molecular weight excluding hydrogens is 352 g/mol. The highest BCUT2D eigenvalue weighted by Crippen LogP contribution is 2.45. The van der Waals surface area contributed by atoms with Gasteiger partial charge < -0.3 is 14.5 Å². The third-order valence-corrected chi connectivity index (χ3v) is 6.74. The van der Waals surface area contributed by atoms with Crippen LogP contribution < -0.4 is 4.74 Å². The number of ether oxygens (including phenoxy) is 1. The van der Waals surface area contributed by atoms with Crippen LogP contribution in [0.1, 0.15) is 50.5 Å². The molecule has 2 amide bonds. The van der Waals surface area contributed by atoms with Crippen LogP contribution >= 0.6 is 0 Å². The highest BCUT2D eigenvalue weighted by Gasteiger charge is 2.45. The summed E-state index contributed by atoms with van der Waals surface area (Å²) < 4.78 is 5.97. The van der Waals surface area contributed by atoms with Crippen molar-refractivity contribution in [2.75, 3.05) is 32.8 Å². The largest absolute Gasteiger partial charge is 0.493 e. The average Bonchev–Trinajstić information content (AvgIpc) is 3.26. The molecule has 2 heterocycles. The van der Waals surface area contributed by atoms with Crippen molar-refractivity contribution < 1.29 is 14.3 Å². The van der Waals surface area contributed by atoms with E-state index in [-0.39, 0.29) is 23.8 Å². The first kappa shape index (κ1) is 19.3. The number of amides is 2. The molecule has 1 aromatic rings. The molecule has 3 aliphatic rings. The predicted molar refractivity (Wildman–Crippen MR) is 108 cm³/mol. The Balaban J connectivity index is 1.28. The lowest BCUT2D eigenvalue weighted by molar-refractivity contribution is -0.139. The summed E-state index contributed by atoms with van der Waals surface area (Å²) in [5.41, 5.74) is 1.36. The van der Waals surface area contributed by atoms with Crippen LogP contribution in [0.2, 0.25) is 0 Å². The summed E-state index contributed by atoms with van der Waals surface area (Å²) in [7, 11) is 0. The van der Waals surface area contributed by atoms with Crippen molar-refractivity contribution in [3.8, 4) is 5.75 Å². The van der Waals surface area contributed by atoms with Gasteiger partial charge in [-0.2, -0.15) is 0 Å². The normalized spacial score (nSPS) is 24.2. The second-order valence-electron chi connectivity index (χ2n) is 9.11. The van der Waals surface area contributed by atoms with Gasteiger partial charge in [0.1, 0.15) is 5.75 Å². The first-order chi connectivity index (χ1) is 13.5. The maximum absolute atomic E-state index is 12.9. The van der Waals surface area contributed by atoms with Crippen LogP contribution in [0, 0.1) is 18.3 Å². The van der Waals surface area contributed by atoms with E-state index in [1.54, 1.807) is 0 Å². The molecule has 5 heteroatoms. The number of hydrogen-bond acceptors (Lipinski definition) is 3. The van der Waals surface area contributed by atoms with Crippen LogP contribution in [-0.2, 0) is 9.59 Å². The fraction of sp³-hybridized carbons (Fsp3) is 0.652. The second kappa shape index (κ2) is 8.14. The zero-order valence-electron chi connectivity index (χ0n) is 17.0. The van der Waals surface area contributed by atoms with Gasteiger partial charge in [0, 0.05) is 32.0 Å². The summed E-state index contributed by atoms with van der Waals surface area (Å²) in [4.78, 5) is 29.1. The van der Waals surface area contributed by atoms with Gasteiger partial charge in [-0.15, -0.1) is 0 Å². The van der Waals surface area contributed by atoms with Gasteiger partial charge in [0.25, 0.3) is 0 Å². The molecule has 1 aromatic carbocycles. The Kier molecular flexibility index (Phi) is 5.61. The van der Waals surface area contributed by atoms with E-state index in [9.17, 15) is 9.59 Å².